The first-order valence-corrected chi connectivity index (χ1v) is 7.96. The van der Waals surface area contributed by atoms with E-state index in [0.29, 0.717) is 5.92 Å². The van der Waals surface area contributed by atoms with Gasteiger partial charge in [-0.15, -0.1) is 0 Å². The molecule has 0 spiro atoms. The minimum atomic E-state index is 0.596. The molecule has 3 rings (SSSR count). The van der Waals surface area contributed by atoms with Gasteiger partial charge < -0.3 is 4.74 Å². The first-order valence-electron chi connectivity index (χ1n) is 7.96. The van der Waals surface area contributed by atoms with Crippen molar-refractivity contribution in [3.63, 3.8) is 0 Å². The van der Waals surface area contributed by atoms with Crippen LogP contribution in [0.2, 0.25) is 0 Å². The van der Waals surface area contributed by atoms with Crippen LogP contribution in [0, 0.1) is 12.8 Å². The van der Waals surface area contributed by atoms with E-state index in [4.69, 9.17) is 4.74 Å². The van der Waals surface area contributed by atoms with Crippen molar-refractivity contribution in [2.75, 3.05) is 19.7 Å². The molecule has 0 aromatic carbocycles. The molecule has 1 fully saturated rings. The van der Waals surface area contributed by atoms with Gasteiger partial charge in [0.05, 0.1) is 6.61 Å². The molecule has 1 saturated heterocycles. The number of pyridine rings is 2. The normalized spacial score (nSPS) is 19.0. The fraction of sp³-hybridized carbons (Fsp3) is 0.444. The molecule has 0 amide bonds. The lowest BCUT2D eigenvalue weighted by Gasteiger charge is -2.32. The molecule has 0 aliphatic carbocycles. The maximum Gasteiger partial charge on any atom is 0.122 e. The number of aryl methyl sites for hydroxylation is 1. The first kappa shape index (κ1) is 15.0. The van der Waals surface area contributed by atoms with Gasteiger partial charge in [-0.25, -0.2) is 0 Å². The standard InChI is InChI=1S/C18H23N3O/c1-15-10-18(6-8-20-15)22-14-17-5-3-9-21(13-17)12-16-4-2-7-19-11-16/h2,4,6-8,10-11,17H,3,5,9,12-14H2,1H3. The molecule has 0 N–H and O–H groups in total. The Bertz CT molecular complexity index is 588. The molecule has 1 unspecified atom stereocenters. The van der Waals surface area contributed by atoms with Gasteiger partial charge in [0.2, 0.25) is 0 Å². The Morgan fingerprint density at radius 2 is 2.27 bits per heavy atom. The first-order chi connectivity index (χ1) is 10.8. The van der Waals surface area contributed by atoms with E-state index in [0.717, 1.165) is 31.1 Å². The van der Waals surface area contributed by atoms with E-state index in [-0.39, 0.29) is 0 Å². The molecule has 0 saturated carbocycles. The highest BCUT2D eigenvalue weighted by Crippen LogP contribution is 2.20. The molecule has 4 nitrogen and oxygen atoms in total. The van der Waals surface area contributed by atoms with Crippen LogP contribution in [0.1, 0.15) is 24.1 Å². The molecule has 4 heteroatoms. The van der Waals surface area contributed by atoms with E-state index in [2.05, 4.69) is 20.9 Å². The van der Waals surface area contributed by atoms with Gasteiger partial charge in [0, 0.05) is 49.4 Å². The lowest BCUT2D eigenvalue weighted by molar-refractivity contribution is 0.125. The van der Waals surface area contributed by atoms with Crippen molar-refractivity contribution >= 4 is 0 Å². The highest BCUT2D eigenvalue weighted by Gasteiger charge is 2.20. The average molecular weight is 297 g/mol. The number of hydrogen-bond acceptors (Lipinski definition) is 4. The summed E-state index contributed by atoms with van der Waals surface area (Å²) in [6.07, 6.45) is 8.07. The number of likely N-dealkylation sites (tertiary alicyclic amines) is 1. The summed E-state index contributed by atoms with van der Waals surface area (Å²) in [5, 5.41) is 0. The fourth-order valence-electron chi connectivity index (χ4n) is 3.00. The van der Waals surface area contributed by atoms with E-state index in [9.17, 15) is 0 Å². The topological polar surface area (TPSA) is 38.2 Å². The van der Waals surface area contributed by atoms with E-state index in [1.165, 1.54) is 24.9 Å². The van der Waals surface area contributed by atoms with Crippen LogP contribution in [0.25, 0.3) is 0 Å². The van der Waals surface area contributed by atoms with Crippen molar-refractivity contribution in [3.8, 4) is 5.75 Å². The Morgan fingerprint density at radius 3 is 3.09 bits per heavy atom. The van der Waals surface area contributed by atoms with Crippen LogP contribution >= 0.6 is 0 Å². The molecule has 1 atom stereocenters. The average Bonchev–Trinajstić information content (AvgIpc) is 2.54. The highest BCUT2D eigenvalue weighted by molar-refractivity contribution is 5.21. The lowest BCUT2D eigenvalue weighted by Crippen LogP contribution is -2.37. The smallest absolute Gasteiger partial charge is 0.122 e. The Morgan fingerprint density at radius 1 is 1.32 bits per heavy atom. The van der Waals surface area contributed by atoms with Crippen molar-refractivity contribution in [1.82, 2.24) is 14.9 Å². The zero-order chi connectivity index (χ0) is 15.2. The van der Waals surface area contributed by atoms with Gasteiger partial charge in [0.25, 0.3) is 0 Å². The van der Waals surface area contributed by atoms with Gasteiger partial charge in [0.1, 0.15) is 5.75 Å². The summed E-state index contributed by atoms with van der Waals surface area (Å²) >= 11 is 0. The Balaban J connectivity index is 1.50. The van der Waals surface area contributed by atoms with Gasteiger partial charge in [-0.3, -0.25) is 14.9 Å². The highest BCUT2D eigenvalue weighted by atomic mass is 16.5. The minimum Gasteiger partial charge on any atom is -0.493 e. The van der Waals surface area contributed by atoms with E-state index >= 15 is 0 Å². The Kier molecular flexibility index (Phi) is 5.01. The molecule has 0 radical (unpaired) electrons. The monoisotopic (exact) mass is 297 g/mol. The number of ether oxygens (including phenoxy) is 1. The van der Waals surface area contributed by atoms with Crippen LogP contribution in [-0.4, -0.2) is 34.6 Å². The van der Waals surface area contributed by atoms with Crippen LogP contribution in [-0.2, 0) is 6.54 Å². The van der Waals surface area contributed by atoms with Crippen molar-refractivity contribution in [2.24, 2.45) is 5.92 Å². The van der Waals surface area contributed by atoms with Crippen molar-refractivity contribution < 1.29 is 4.74 Å². The molecule has 1 aliphatic heterocycles. The third-order valence-electron chi connectivity index (χ3n) is 4.09. The fourth-order valence-corrected chi connectivity index (χ4v) is 3.00. The summed E-state index contributed by atoms with van der Waals surface area (Å²) in [6.45, 7) is 6.02. The summed E-state index contributed by atoms with van der Waals surface area (Å²) in [5.41, 5.74) is 2.29. The second kappa shape index (κ2) is 7.36. The summed E-state index contributed by atoms with van der Waals surface area (Å²) in [4.78, 5) is 10.9. The number of hydrogen-bond donors (Lipinski definition) is 0. The molecule has 22 heavy (non-hydrogen) atoms. The Labute approximate surface area is 132 Å². The molecule has 2 aromatic rings. The number of aromatic nitrogens is 2. The van der Waals surface area contributed by atoms with E-state index < -0.39 is 0 Å². The lowest BCUT2D eigenvalue weighted by atomic mass is 9.98. The maximum atomic E-state index is 5.95. The van der Waals surface area contributed by atoms with Gasteiger partial charge in [0.15, 0.2) is 0 Å². The minimum absolute atomic E-state index is 0.596. The zero-order valence-corrected chi connectivity index (χ0v) is 13.1. The molecular formula is C18H23N3O. The summed E-state index contributed by atoms with van der Waals surface area (Å²) in [5.74, 6) is 1.52. The summed E-state index contributed by atoms with van der Waals surface area (Å²) in [7, 11) is 0. The molecule has 116 valence electrons. The summed E-state index contributed by atoms with van der Waals surface area (Å²) < 4.78 is 5.95. The van der Waals surface area contributed by atoms with Crippen LogP contribution in [0.15, 0.2) is 42.9 Å². The van der Waals surface area contributed by atoms with Crippen molar-refractivity contribution in [2.45, 2.75) is 26.3 Å². The molecule has 3 heterocycles. The van der Waals surface area contributed by atoms with Gasteiger partial charge >= 0.3 is 0 Å². The number of nitrogens with zero attached hydrogens (tertiary/aromatic N) is 3. The number of piperidine rings is 1. The Hall–Kier alpha value is -1.94. The van der Waals surface area contributed by atoms with Crippen molar-refractivity contribution in [3.05, 3.63) is 54.1 Å². The molecule has 2 aromatic heterocycles. The van der Waals surface area contributed by atoms with Gasteiger partial charge in [-0.1, -0.05) is 6.07 Å². The zero-order valence-electron chi connectivity index (χ0n) is 13.1. The number of rotatable bonds is 5. The largest absolute Gasteiger partial charge is 0.493 e. The van der Waals surface area contributed by atoms with Crippen LogP contribution in [0.5, 0.6) is 5.75 Å². The predicted octanol–water partition coefficient (Wildman–Crippen LogP) is 3.08. The van der Waals surface area contributed by atoms with Gasteiger partial charge in [-0.2, -0.15) is 0 Å². The molecule has 1 aliphatic rings. The third kappa shape index (κ3) is 4.28. The predicted molar refractivity (Wildman–Crippen MR) is 86.7 cm³/mol. The quantitative estimate of drug-likeness (QED) is 0.850. The van der Waals surface area contributed by atoms with Crippen LogP contribution in [0.4, 0.5) is 0 Å². The van der Waals surface area contributed by atoms with Crippen LogP contribution in [0.3, 0.4) is 0 Å². The second-order valence-corrected chi connectivity index (χ2v) is 6.05. The van der Waals surface area contributed by atoms with Crippen molar-refractivity contribution in [1.29, 1.82) is 0 Å². The maximum absolute atomic E-state index is 5.95. The van der Waals surface area contributed by atoms with E-state index in [1.807, 2.05) is 37.5 Å². The second-order valence-electron chi connectivity index (χ2n) is 6.05. The van der Waals surface area contributed by atoms with E-state index in [1.54, 1.807) is 6.20 Å². The van der Waals surface area contributed by atoms with Gasteiger partial charge in [-0.05, 0) is 44.0 Å². The molecular weight excluding hydrogens is 274 g/mol. The SMILES string of the molecule is Cc1cc(OCC2CCCN(Cc3cccnc3)C2)ccn1. The third-order valence-corrected chi connectivity index (χ3v) is 4.09. The molecule has 0 bridgehead atoms. The summed E-state index contributed by atoms with van der Waals surface area (Å²) in [6, 6.07) is 8.08. The van der Waals surface area contributed by atoms with Crippen LogP contribution < -0.4 is 4.74 Å².